The van der Waals surface area contributed by atoms with Gasteiger partial charge < -0.3 is 4.52 Å². The van der Waals surface area contributed by atoms with Crippen molar-refractivity contribution in [3.8, 4) is 5.75 Å². The Morgan fingerprint density at radius 3 is 2.15 bits per heavy atom. The number of nitrogens with one attached hydrogen (secondary N) is 1. The lowest BCUT2D eigenvalue weighted by molar-refractivity contribution is 0.361. The summed E-state index contributed by atoms with van der Waals surface area (Å²) in [6.07, 6.45) is 0. The van der Waals surface area contributed by atoms with E-state index in [0.29, 0.717) is 43.0 Å². The van der Waals surface area contributed by atoms with Crippen LogP contribution in [0.5, 0.6) is 5.75 Å². The molecule has 0 aliphatic rings. The topological polar surface area (TPSA) is 41.6 Å². The van der Waals surface area contributed by atoms with E-state index in [-0.39, 0.29) is 0 Å². The molecule has 0 fully saturated rings. The molecule has 0 bridgehead atoms. The first kappa shape index (κ1) is 18.1. The average molecular weight is 360 g/mol. The fourth-order valence-electron chi connectivity index (χ4n) is 1.57. The lowest BCUT2D eigenvalue weighted by atomic mass is 10.3. The molecule has 114 valence electrons. The smallest absolute Gasteiger partial charge is 0.393 e. The zero-order valence-corrected chi connectivity index (χ0v) is 14.1. The van der Waals surface area contributed by atoms with Crippen molar-refractivity contribution in [1.29, 1.82) is 0 Å². The van der Waals surface area contributed by atoms with Crippen LogP contribution in [-0.4, -0.2) is 41.9 Å². The molecule has 1 atom stereocenters. The predicted molar refractivity (Wildman–Crippen MR) is 86.4 cm³/mol. The van der Waals surface area contributed by atoms with Crippen LogP contribution in [0.2, 0.25) is 0 Å². The molecule has 1 unspecified atom stereocenters. The van der Waals surface area contributed by atoms with Crippen molar-refractivity contribution in [2.75, 3.05) is 37.3 Å². The molecule has 0 aliphatic carbocycles. The van der Waals surface area contributed by atoms with Gasteiger partial charge in [0.2, 0.25) is 0 Å². The molecule has 1 N–H and O–H groups in total. The van der Waals surface area contributed by atoms with E-state index in [2.05, 4.69) is 5.09 Å². The number of rotatable bonds is 10. The van der Waals surface area contributed by atoms with Crippen LogP contribution in [0, 0.1) is 0 Å². The lowest BCUT2D eigenvalue weighted by Crippen LogP contribution is -2.34. The first-order valence-corrected chi connectivity index (χ1v) is 9.37. The van der Waals surface area contributed by atoms with Crippen LogP contribution >= 0.6 is 42.5 Å². The van der Waals surface area contributed by atoms with Crippen molar-refractivity contribution in [3.63, 3.8) is 0 Å². The highest BCUT2D eigenvalue weighted by Gasteiger charge is 2.32. The Balaban J connectivity index is 2.90. The van der Waals surface area contributed by atoms with Crippen molar-refractivity contribution in [3.05, 3.63) is 30.3 Å². The second-order valence-corrected chi connectivity index (χ2v) is 7.09. The minimum atomic E-state index is -3.27. The van der Waals surface area contributed by atoms with E-state index in [1.165, 1.54) is 0 Å². The third-order valence-electron chi connectivity index (χ3n) is 2.44. The zero-order valence-electron chi connectivity index (χ0n) is 11.0. The van der Waals surface area contributed by atoms with Gasteiger partial charge in [-0.3, -0.25) is 0 Å². The Morgan fingerprint density at radius 1 is 1.05 bits per heavy atom. The van der Waals surface area contributed by atoms with E-state index in [4.69, 9.17) is 39.3 Å². The van der Waals surface area contributed by atoms with Crippen LogP contribution < -0.4 is 9.61 Å². The summed E-state index contributed by atoms with van der Waals surface area (Å²) >= 11 is 17.2. The molecule has 1 aromatic rings. The minimum absolute atomic E-state index is 0.331. The molecule has 8 heteroatoms. The Morgan fingerprint density at radius 2 is 1.65 bits per heavy atom. The summed E-state index contributed by atoms with van der Waals surface area (Å²) in [6.45, 7) is 1.19. The summed E-state index contributed by atoms with van der Waals surface area (Å²) in [5.41, 5.74) is 0. The molecule has 0 spiro atoms. The maximum Gasteiger partial charge on any atom is 0.393 e. The Hall–Kier alpha value is 0.0400. The van der Waals surface area contributed by atoms with Gasteiger partial charge in [-0.1, -0.05) is 18.2 Å². The molecule has 0 radical (unpaired) electrons. The molecule has 0 saturated heterocycles. The van der Waals surface area contributed by atoms with E-state index in [1.807, 2.05) is 18.2 Å². The number of hydrogen-bond donors (Lipinski definition) is 1. The monoisotopic (exact) mass is 358 g/mol. The SMILES string of the molecule is O=P(NCCCl)(Oc1ccccc1)N(CCCl)CCCl. The second kappa shape index (κ2) is 9.88. The van der Waals surface area contributed by atoms with Crippen LogP contribution in [0.3, 0.4) is 0 Å². The van der Waals surface area contributed by atoms with Crippen LogP contribution in [0.25, 0.3) is 0 Å². The third kappa shape index (κ3) is 5.80. The Kier molecular flexibility index (Phi) is 8.94. The highest BCUT2D eigenvalue weighted by Crippen LogP contribution is 2.46. The molecule has 0 saturated carbocycles. The summed E-state index contributed by atoms with van der Waals surface area (Å²) in [7, 11) is -3.27. The third-order valence-corrected chi connectivity index (χ3v) is 5.19. The van der Waals surface area contributed by atoms with Crippen molar-refractivity contribution in [2.45, 2.75) is 0 Å². The van der Waals surface area contributed by atoms with E-state index >= 15 is 0 Å². The van der Waals surface area contributed by atoms with E-state index in [9.17, 15) is 4.57 Å². The van der Waals surface area contributed by atoms with Gasteiger partial charge in [-0.05, 0) is 12.1 Å². The highest BCUT2D eigenvalue weighted by atomic mass is 35.5. The zero-order chi connectivity index (χ0) is 14.8. The summed E-state index contributed by atoms with van der Waals surface area (Å²) in [5.74, 6) is 1.52. The summed E-state index contributed by atoms with van der Waals surface area (Å²) in [4.78, 5) is 0. The van der Waals surface area contributed by atoms with Gasteiger partial charge in [-0.15, -0.1) is 34.8 Å². The fraction of sp³-hybridized carbons (Fsp3) is 0.500. The molecule has 1 aromatic carbocycles. The Bertz CT molecular complexity index is 416. The van der Waals surface area contributed by atoms with Gasteiger partial charge in [0.15, 0.2) is 0 Å². The Labute approximate surface area is 134 Å². The summed E-state index contributed by atoms with van der Waals surface area (Å²) in [5, 5.41) is 2.87. The number of hydrogen-bond acceptors (Lipinski definition) is 2. The van der Waals surface area contributed by atoms with Gasteiger partial charge in [0.1, 0.15) is 5.75 Å². The highest BCUT2D eigenvalue weighted by molar-refractivity contribution is 7.54. The van der Waals surface area contributed by atoms with Crippen molar-refractivity contribution in [2.24, 2.45) is 0 Å². The first-order chi connectivity index (χ1) is 9.66. The van der Waals surface area contributed by atoms with Gasteiger partial charge in [0, 0.05) is 37.3 Å². The van der Waals surface area contributed by atoms with Crippen LogP contribution in [-0.2, 0) is 4.57 Å². The fourth-order valence-corrected chi connectivity index (χ4v) is 4.35. The van der Waals surface area contributed by atoms with Gasteiger partial charge in [0.05, 0.1) is 0 Å². The summed E-state index contributed by atoms with van der Waals surface area (Å²) in [6, 6.07) is 8.98. The van der Waals surface area contributed by atoms with Gasteiger partial charge in [-0.25, -0.2) is 14.3 Å². The second-order valence-electron chi connectivity index (χ2n) is 3.85. The normalized spacial score (nSPS) is 14.2. The van der Waals surface area contributed by atoms with E-state index in [1.54, 1.807) is 16.8 Å². The molecule has 1 rings (SSSR count). The molecular weight excluding hydrogens is 341 g/mol. The molecule has 0 heterocycles. The van der Waals surface area contributed by atoms with Gasteiger partial charge in [-0.2, -0.15) is 0 Å². The number of alkyl halides is 3. The van der Waals surface area contributed by atoms with Gasteiger partial charge in [0.25, 0.3) is 0 Å². The minimum Gasteiger partial charge on any atom is -0.422 e. The maximum absolute atomic E-state index is 13.0. The first-order valence-electron chi connectivity index (χ1n) is 6.19. The lowest BCUT2D eigenvalue weighted by Gasteiger charge is -2.30. The number of benzene rings is 1. The molecule has 0 amide bonds. The number of halogens is 3. The van der Waals surface area contributed by atoms with Crippen molar-refractivity contribution < 1.29 is 9.09 Å². The number of nitrogens with zero attached hydrogens (tertiary/aromatic N) is 1. The largest absolute Gasteiger partial charge is 0.422 e. The number of para-hydroxylation sites is 1. The summed E-state index contributed by atoms with van der Waals surface area (Å²) < 4.78 is 20.3. The predicted octanol–water partition coefficient (Wildman–Crippen LogP) is 3.78. The molecule has 0 aliphatic heterocycles. The average Bonchev–Trinajstić information content (AvgIpc) is 2.46. The molecule has 0 aromatic heterocycles. The van der Waals surface area contributed by atoms with Crippen LogP contribution in [0.1, 0.15) is 0 Å². The molecular formula is C12H18Cl3N2O2P. The standard InChI is InChI=1S/C12H18Cl3N2O2P/c13-6-9-16-20(18,17(10-7-14)11-8-15)19-12-4-2-1-3-5-12/h1-5H,6-11H2,(H,16,18). The molecule has 4 nitrogen and oxygen atoms in total. The molecule has 20 heavy (non-hydrogen) atoms. The van der Waals surface area contributed by atoms with Crippen LogP contribution in [0.15, 0.2) is 30.3 Å². The van der Waals surface area contributed by atoms with Crippen molar-refractivity contribution in [1.82, 2.24) is 9.76 Å². The van der Waals surface area contributed by atoms with Crippen LogP contribution in [0.4, 0.5) is 0 Å². The van der Waals surface area contributed by atoms with E-state index < -0.39 is 7.67 Å². The quantitative estimate of drug-likeness (QED) is 0.510. The van der Waals surface area contributed by atoms with E-state index in [0.717, 1.165) is 0 Å². The van der Waals surface area contributed by atoms with Crippen molar-refractivity contribution >= 4 is 42.5 Å². The van der Waals surface area contributed by atoms with Gasteiger partial charge >= 0.3 is 7.67 Å². The maximum atomic E-state index is 13.0.